The van der Waals surface area contributed by atoms with E-state index in [1.54, 1.807) is 6.08 Å². The smallest absolute Gasteiger partial charge is 0.169 e. The molecular formula is C14H12F2N+. The molecule has 2 rings (SSSR count). The summed E-state index contributed by atoms with van der Waals surface area (Å²) in [6.07, 6.45) is 7.31. The van der Waals surface area contributed by atoms with E-state index < -0.39 is 11.6 Å². The highest BCUT2D eigenvalue weighted by molar-refractivity contribution is 5.69. The van der Waals surface area contributed by atoms with Crippen molar-refractivity contribution < 1.29 is 13.3 Å². The third kappa shape index (κ3) is 3.21. The number of nitrogens with zero attached hydrogens (tertiary/aromatic N) is 1. The van der Waals surface area contributed by atoms with Crippen molar-refractivity contribution in [2.45, 2.75) is 0 Å². The summed E-state index contributed by atoms with van der Waals surface area (Å²) >= 11 is 0. The predicted octanol–water partition coefficient (Wildman–Crippen LogP) is 2.96. The molecule has 3 heteroatoms. The fourth-order valence-electron chi connectivity index (χ4n) is 1.49. The van der Waals surface area contributed by atoms with Gasteiger partial charge in [0.05, 0.1) is 0 Å². The highest BCUT2D eigenvalue weighted by Crippen LogP contribution is 2.11. The molecule has 0 atom stereocenters. The van der Waals surface area contributed by atoms with E-state index in [1.807, 2.05) is 42.2 Å². The maximum absolute atomic E-state index is 12.9. The number of halogens is 2. The van der Waals surface area contributed by atoms with E-state index in [0.717, 1.165) is 11.6 Å². The van der Waals surface area contributed by atoms with Crippen LogP contribution in [0, 0.1) is 11.6 Å². The maximum atomic E-state index is 12.9. The fraction of sp³-hybridized carbons (Fsp3) is 0.0714. The molecule has 1 aromatic carbocycles. The van der Waals surface area contributed by atoms with Gasteiger partial charge in [0.15, 0.2) is 12.4 Å². The second kappa shape index (κ2) is 4.87. The van der Waals surface area contributed by atoms with E-state index >= 15 is 0 Å². The van der Waals surface area contributed by atoms with Crippen molar-refractivity contribution in [3.05, 3.63) is 65.5 Å². The third-order valence-corrected chi connectivity index (χ3v) is 2.36. The van der Waals surface area contributed by atoms with Crippen molar-refractivity contribution in [1.82, 2.24) is 0 Å². The summed E-state index contributed by atoms with van der Waals surface area (Å²) in [4.78, 5) is 0. The normalized spacial score (nSPS) is 11.0. The van der Waals surface area contributed by atoms with Crippen LogP contribution in [0.2, 0.25) is 0 Å². The van der Waals surface area contributed by atoms with Crippen LogP contribution in [-0.2, 0) is 7.05 Å². The topological polar surface area (TPSA) is 3.88 Å². The average molecular weight is 232 g/mol. The van der Waals surface area contributed by atoms with E-state index in [0.29, 0.717) is 5.56 Å². The highest BCUT2D eigenvalue weighted by atomic mass is 19.1. The van der Waals surface area contributed by atoms with Crippen LogP contribution in [0.25, 0.3) is 12.2 Å². The monoisotopic (exact) mass is 232 g/mol. The van der Waals surface area contributed by atoms with Crippen LogP contribution in [-0.4, -0.2) is 0 Å². The van der Waals surface area contributed by atoms with Gasteiger partial charge in [-0.2, -0.15) is 0 Å². The van der Waals surface area contributed by atoms with Gasteiger partial charge in [0.2, 0.25) is 0 Å². The van der Waals surface area contributed by atoms with Gasteiger partial charge in [-0.3, -0.25) is 0 Å². The maximum Gasteiger partial charge on any atom is 0.169 e. The van der Waals surface area contributed by atoms with Crippen LogP contribution in [0.3, 0.4) is 0 Å². The minimum Gasteiger partial charge on any atom is -0.208 e. The highest BCUT2D eigenvalue weighted by Gasteiger charge is 1.97. The van der Waals surface area contributed by atoms with Gasteiger partial charge in [-0.25, -0.2) is 13.3 Å². The van der Waals surface area contributed by atoms with E-state index in [4.69, 9.17) is 0 Å². The first kappa shape index (κ1) is 11.5. The Hall–Kier alpha value is -2.03. The van der Waals surface area contributed by atoms with Gasteiger partial charge in [-0.05, 0) is 23.3 Å². The molecule has 1 aromatic heterocycles. The van der Waals surface area contributed by atoms with Gasteiger partial charge in [0, 0.05) is 18.2 Å². The number of hydrogen-bond donors (Lipinski definition) is 0. The van der Waals surface area contributed by atoms with Crippen LogP contribution in [0.15, 0.2) is 42.7 Å². The molecule has 17 heavy (non-hydrogen) atoms. The first-order chi connectivity index (χ1) is 8.13. The molecular weight excluding hydrogens is 220 g/mol. The summed E-state index contributed by atoms with van der Waals surface area (Å²) in [7, 11) is 1.93. The van der Waals surface area contributed by atoms with Crippen molar-refractivity contribution in [1.29, 1.82) is 0 Å². The van der Waals surface area contributed by atoms with Gasteiger partial charge in [-0.1, -0.05) is 12.2 Å². The molecule has 0 saturated carbocycles. The van der Waals surface area contributed by atoms with Crippen molar-refractivity contribution in [2.24, 2.45) is 7.05 Å². The Labute approximate surface area is 98.7 Å². The zero-order chi connectivity index (χ0) is 12.3. The zero-order valence-corrected chi connectivity index (χ0v) is 9.40. The fourth-order valence-corrected chi connectivity index (χ4v) is 1.49. The Bertz CT molecular complexity index is 524. The molecule has 0 fully saturated rings. The number of aromatic nitrogens is 1. The molecule has 0 unspecified atom stereocenters. The molecule has 2 aromatic rings. The van der Waals surface area contributed by atoms with Gasteiger partial charge < -0.3 is 0 Å². The summed E-state index contributed by atoms with van der Waals surface area (Å²) in [5, 5.41) is 0. The van der Waals surface area contributed by atoms with Gasteiger partial charge in [0.1, 0.15) is 18.7 Å². The SMILES string of the molecule is C[n+]1ccc(/C=C/c2cc(F)cc(F)c2)cc1. The lowest BCUT2D eigenvalue weighted by atomic mass is 10.1. The minimum absolute atomic E-state index is 0.510. The Kier molecular flexibility index (Phi) is 3.28. The van der Waals surface area contributed by atoms with Crippen LogP contribution < -0.4 is 4.57 Å². The molecule has 1 nitrogen and oxygen atoms in total. The lowest BCUT2D eigenvalue weighted by molar-refractivity contribution is -0.671. The van der Waals surface area contributed by atoms with Crippen molar-refractivity contribution in [3.8, 4) is 0 Å². The van der Waals surface area contributed by atoms with E-state index in [9.17, 15) is 8.78 Å². The van der Waals surface area contributed by atoms with Gasteiger partial charge >= 0.3 is 0 Å². The Morgan fingerprint density at radius 1 is 0.882 bits per heavy atom. The molecule has 0 spiro atoms. The predicted molar refractivity (Wildman–Crippen MR) is 62.9 cm³/mol. The Morgan fingerprint density at radius 3 is 2.00 bits per heavy atom. The molecule has 0 aliphatic carbocycles. The lowest BCUT2D eigenvalue weighted by Crippen LogP contribution is -2.25. The molecule has 0 aliphatic heterocycles. The van der Waals surface area contributed by atoms with Crippen molar-refractivity contribution in [3.63, 3.8) is 0 Å². The Balaban J connectivity index is 2.22. The van der Waals surface area contributed by atoms with Gasteiger partial charge in [-0.15, -0.1) is 0 Å². The van der Waals surface area contributed by atoms with Crippen molar-refractivity contribution >= 4 is 12.2 Å². The summed E-state index contributed by atoms with van der Waals surface area (Å²) in [6.45, 7) is 0. The largest absolute Gasteiger partial charge is 0.208 e. The van der Waals surface area contributed by atoms with Crippen molar-refractivity contribution in [2.75, 3.05) is 0 Å². The molecule has 0 amide bonds. The minimum atomic E-state index is -0.566. The van der Waals surface area contributed by atoms with E-state index in [2.05, 4.69) is 0 Å². The van der Waals surface area contributed by atoms with Crippen LogP contribution >= 0.6 is 0 Å². The third-order valence-electron chi connectivity index (χ3n) is 2.36. The van der Waals surface area contributed by atoms with E-state index in [1.165, 1.54) is 12.1 Å². The van der Waals surface area contributed by atoms with Crippen LogP contribution in [0.5, 0.6) is 0 Å². The first-order valence-electron chi connectivity index (χ1n) is 5.23. The number of rotatable bonds is 2. The summed E-state index contributed by atoms with van der Waals surface area (Å²) in [5.74, 6) is -1.13. The Morgan fingerprint density at radius 2 is 1.41 bits per heavy atom. The number of benzene rings is 1. The lowest BCUT2D eigenvalue weighted by Gasteiger charge is -1.95. The number of hydrogen-bond acceptors (Lipinski definition) is 0. The molecule has 0 bridgehead atoms. The van der Waals surface area contributed by atoms with Crippen LogP contribution in [0.4, 0.5) is 8.78 Å². The molecule has 86 valence electrons. The second-order valence-electron chi connectivity index (χ2n) is 3.83. The molecule has 0 aliphatic rings. The quantitative estimate of drug-likeness (QED) is 0.701. The summed E-state index contributed by atoms with van der Waals surface area (Å²) in [6, 6.07) is 7.29. The summed E-state index contributed by atoms with van der Waals surface area (Å²) < 4.78 is 27.8. The number of pyridine rings is 1. The number of aryl methyl sites for hydroxylation is 1. The molecule has 0 saturated heterocycles. The van der Waals surface area contributed by atoms with Gasteiger partial charge in [0.25, 0.3) is 0 Å². The second-order valence-corrected chi connectivity index (χ2v) is 3.83. The zero-order valence-electron chi connectivity index (χ0n) is 9.40. The molecule has 0 N–H and O–H groups in total. The standard InChI is InChI=1S/C14H12F2N/c1-17-6-4-11(5-7-17)2-3-12-8-13(15)10-14(16)9-12/h2-10H,1H3/q+1/b3-2+. The van der Waals surface area contributed by atoms with Crippen LogP contribution in [0.1, 0.15) is 11.1 Å². The van der Waals surface area contributed by atoms with E-state index in [-0.39, 0.29) is 0 Å². The average Bonchev–Trinajstić information content (AvgIpc) is 2.27. The molecule has 0 radical (unpaired) electrons. The molecule has 1 heterocycles. The first-order valence-corrected chi connectivity index (χ1v) is 5.23. The summed E-state index contributed by atoms with van der Waals surface area (Å²) in [5.41, 5.74) is 1.49.